The second kappa shape index (κ2) is 21.5. The van der Waals surface area contributed by atoms with Crippen LogP contribution in [0, 0.1) is 0 Å². The molecule has 0 spiro atoms. The fourth-order valence-corrected chi connectivity index (χ4v) is 7.92. The van der Waals surface area contributed by atoms with Crippen LogP contribution >= 0.6 is 0 Å². The molecule has 2 fully saturated rings. The van der Waals surface area contributed by atoms with E-state index in [4.69, 9.17) is 9.47 Å². The third-order valence-corrected chi connectivity index (χ3v) is 10.9. The van der Waals surface area contributed by atoms with E-state index in [-0.39, 0.29) is 11.9 Å². The maximum Gasteiger partial charge on any atom is 0.306 e. The van der Waals surface area contributed by atoms with E-state index >= 15 is 0 Å². The first-order valence-corrected chi connectivity index (χ1v) is 20.0. The summed E-state index contributed by atoms with van der Waals surface area (Å²) in [6, 6.07) is 19.2. The molecule has 0 amide bonds. The molecule has 1 atom stereocenters. The van der Waals surface area contributed by atoms with Gasteiger partial charge in [-0.25, -0.2) is 0 Å². The first kappa shape index (κ1) is 39.1. The van der Waals surface area contributed by atoms with E-state index < -0.39 is 11.2 Å². The molecule has 2 N–H and O–H groups in total. The zero-order valence-electron chi connectivity index (χ0n) is 30.9. The number of hydrogen-bond acceptors (Lipinski definition) is 6. The van der Waals surface area contributed by atoms with Crippen molar-refractivity contribution in [2.75, 3.05) is 26.2 Å². The minimum atomic E-state index is -0.555. The van der Waals surface area contributed by atoms with Crippen molar-refractivity contribution in [3.63, 3.8) is 0 Å². The molecule has 2 aliphatic heterocycles. The van der Waals surface area contributed by atoms with Crippen LogP contribution in [0.25, 0.3) is 0 Å². The van der Waals surface area contributed by atoms with Crippen molar-refractivity contribution in [2.24, 2.45) is 0 Å². The summed E-state index contributed by atoms with van der Waals surface area (Å²) in [5.41, 5.74) is 2.53. The molecule has 0 bridgehead atoms. The standard InChI is InChI=1S/C43H66N2O4/c1-3-5-7-8-9-10-15-25-40(46)49-43(29-33-45-34-30-43)39-24-18-21-37(35-39)36(19-12-6-4-2)20-16-17-26-41(47)48-42(27-31-44-32-28-42)38-22-13-11-14-23-38/h11,13-14,18,21-24,35-36,44-45H,3-10,12,15-17,19-20,25-34H2,1-2H3. The lowest BCUT2D eigenvalue weighted by Crippen LogP contribution is -2.43. The Kier molecular flexibility index (Phi) is 17.2. The van der Waals surface area contributed by atoms with Gasteiger partial charge in [0.25, 0.3) is 0 Å². The Morgan fingerprint density at radius 1 is 0.592 bits per heavy atom. The molecule has 0 saturated carbocycles. The fourth-order valence-electron chi connectivity index (χ4n) is 7.92. The number of benzene rings is 2. The molecule has 2 aromatic carbocycles. The van der Waals surface area contributed by atoms with Crippen molar-refractivity contribution in [3.8, 4) is 0 Å². The van der Waals surface area contributed by atoms with E-state index in [0.717, 1.165) is 102 Å². The minimum absolute atomic E-state index is 0.0502. The zero-order chi connectivity index (χ0) is 34.6. The topological polar surface area (TPSA) is 76.7 Å². The highest BCUT2D eigenvalue weighted by Crippen LogP contribution is 2.39. The highest BCUT2D eigenvalue weighted by atomic mass is 16.6. The van der Waals surface area contributed by atoms with Gasteiger partial charge in [0.15, 0.2) is 0 Å². The van der Waals surface area contributed by atoms with E-state index in [9.17, 15) is 9.59 Å². The van der Waals surface area contributed by atoms with E-state index in [1.54, 1.807) is 0 Å². The number of unbranched alkanes of at least 4 members (excludes halogenated alkanes) is 9. The van der Waals surface area contributed by atoms with Gasteiger partial charge in [0.2, 0.25) is 0 Å². The highest BCUT2D eigenvalue weighted by Gasteiger charge is 2.39. The Morgan fingerprint density at radius 3 is 1.65 bits per heavy atom. The van der Waals surface area contributed by atoms with Gasteiger partial charge in [0.05, 0.1) is 0 Å². The van der Waals surface area contributed by atoms with Gasteiger partial charge < -0.3 is 20.1 Å². The maximum atomic E-state index is 13.2. The van der Waals surface area contributed by atoms with Gasteiger partial charge in [-0.05, 0) is 74.5 Å². The van der Waals surface area contributed by atoms with Crippen LogP contribution in [-0.4, -0.2) is 38.1 Å². The Hall–Kier alpha value is -2.70. The van der Waals surface area contributed by atoms with Gasteiger partial charge in [-0.15, -0.1) is 0 Å². The van der Waals surface area contributed by atoms with E-state index in [2.05, 4.69) is 60.9 Å². The number of carbonyl (C=O) groups excluding carboxylic acids is 2. The molecule has 2 aromatic rings. The van der Waals surface area contributed by atoms with Gasteiger partial charge >= 0.3 is 11.9 Å². The van der Waals surface area contributed by atoms with Gasteiger partial charge in [-0.2, -0.15) is 0 Å². The molecule has 1 unspecified atom stereocenters. The van der Waals surface area contributed by atoms with Crippen molar-refractivity contribution >= 4 is 11.9 Å². The molecule has 2 heterocycles. The molecule has 6 heteroatoms. The van der Waals surface area contributed by atoms with Gasteiger partial charge in [-0.1, -0.05) is 133 Å². The largest absolute Gasteiger partial charge is 0.454 e. The summed E-state index contributed by atoms with van der Waals surface area (Å²) in [5.74, 6) is 0.289. The third kappa shape index (κ3) is 12.5. The van der Waals surface area contributed by atoms with Crippen molar-refractivity contribution < 1.29 is 19.1 Å². The smallest absolute Gasteiger partial charge is 0.306 e. The maximum absolute atomic E-state index is 13.2. The Labute approximate surface area is 297 Å². The number of hydrogen-bond donors (Lipinski definition) is 2. The third-order valence-electron chi connectivity index (χ3n) is 10.9. The fraction of sp³-hybridized carbons (Fsp3) is 0.674. The van der Waals surface area contributed by atoms with Crippen LogP contribution in [0.1, 0.15) is 165 Å². The summed E-state index contributed by atoms with van der Waals surface area (Å²) in [4.78, 5) is 26.4. The minimum Gasteiger partial charge on any atom is -0.454 e. The summed E-state index contributed by atoms with van der Waals surface area (Å²) in [6.45, 7) is 7.93. The van der Waals surface area contributed by atoms with Gasteiger partial charge in [0.1, 0.15) is 11.2 Å². The number of rotatable bonds is 22. The molecule has 4 rings (SSSR count). The molecule has 0 aromatic heterocycles. The molecule has 0 aliphatic carbocycles. The van der Waals surface area contributed by atoms with Crippen molar-refractivity contribution in [2.45, 2.75) is 159 Å². The van der Waals surface area contributed by atoms with E-state index in [1.807, 2.05) is 18.2 Å². The summed E-state index contributed by atoms with van der Waals surface area (Å²) < 4.78 is 12.7. The van der Waals surface area contributed by atoms with Crippen LogP contribution < -0.4 is 10.6 Å². The van der Waals surface area contributed by atoms with Crippen LogP contribution in [0.4, 0.5) is 0 Å². The molecular weight excluding hydrogens is 608 g/mol. The van der Waals surface area contributed by atoms with Gasteiger partial charge in [-0.3, -0.25) is 9.59 Å². The summed E-state index contributed by atoms with van der Waals surface area (Å²) in [7, 11) is 0. The van der Waals surface area contributed by atoms with Gasteiger partial charge in [0, 0.05) is 38.5 Å². The lowest BCUT2D eigenvalue weighted by Gasteiger charge is -2.38. The second-order valence-electron chi connectivity index (χ2n) is 14.7. The Bertz CT molecular complexity index is 1220. The number of esters is 2. The van der Waals surface area contributed by atoms with Crippen molar-refractivity contribution in [1.29, 1.82) is 0 Å². The zero-order valence-corrected chi connectivity index (χ0v) is 30.9. The molecule has 0 radical (unpaired) electrons. The molecule has 272 valence electrons. The van der Waals surface area contributed by atoms with Crippen LogP contribution in [0.3, 0.4) is 0 Å². The van der Waals surface area contributed by atoms with Crippen LogP contribution in [0.2, 0.25) is 0 Å². The second-order valence-corrected chi connectivity index (χ2v) is 14.7. The predicted octanol–water partition coefficient (Wildman–Crippen LogP) is 10.00. The van der Waals surface area contributed by atoms with E-state index in [0.29, 0.717) is 18.8 Å². The normalized spacial score (nSPS) is 17.7. The molecular formula is C43H66N2O4. The number of ether oxygens (including phenoxy) is 2. The van der Waals surface area contributed by atoms with Crippen molar-refractivity contribution in [1.82, 2.24) is 10.6 Å². The average molecular weight is 675 g/mol. The monoisotopic (exact) mass is 675 g/mol. The quantitative estimate of drug-likeness (QED) is 0.0957. The van der Waals surface area contributed by atoms with Crippen LogP contribution in [-0.2, 0) is 30.3 Å². The summed E-state index contributed by atoms with van der Waals surface area (Å²) in [5, 5.41) is 6.90. The number of carbonyl (C=O) groups is 2. The van der Waals surface area contributed by atoms with Crippen LogP contribution in [0.15, 0.2) is 54.6 Å². The predicted molar refractivity (Wildman–Crippen MR) is 201 cm³/mol. The van der Waals surface area contributed by atoms with Crippen LogP contribution in [0.5, 0.6) is 0 Å². The Morgan fingerprint density at radius 2 is 1.06 bits per heavy atom. The molecule has 49 heavy (non-hydrogen) atoms. The number of piperidine rings is 2. The first-order chi connectivity index (χ1) is 24.0. The molecule has 2 saturated heterocycles. The Balaban J connectivity index is 1.35. The first-order valence-electron chi connectivity index (χ1n) is 20.0. The number of nitrogens with one attached hydrogen (secondary N) is 2. The highest BCUT2D eigenvalue weighted by molar-refractivity contribution is 5.70. The lowest BCUT2D eigenvalue weighted by molar-refractivity contribution is -0.165. The molecule has 6 nitrogen and oxygen atoms in total. The van der Waals surface area contributed by atoms with E-state index in [1.165, 1.54) is 56.9 Å². The van der Waals surface area contributed by atoms with Crippen molar-refractivity contribution in [3.05, 3.63) is 71.3 Å². The SMILES string of the molecule is CCCCCCCCCC(=O)OC1(c2cccc(C(CCCCC)CCCCC(=O)OC3(c4ccccc4)CCNCC3)c2)CCNCC1. The average Bonchev–Trinajstić information content (AvgIpc) is 3.13. The summed E-state index contributed by atoms with van der Waals surface area (Å²) in [6.07, 6.45) is 20.2. The summed E-state index contributed by atoms with van der Waals surface area (Å²) >= 11 is 0. The molecule has 2 aliphatic rings. The lowest BCUT2D eigenvalue weighted by atomic mass is 9.81.